The maximum Gasteiger partial charge on any atom is 0.354 e. The number of hydrogen-bond acceptors (Lipinski definition) is 6. The van der Waals surface area contributed by atoms with Crippen molar-refractivity contribution in [1.82, 2.24) is 10.3 Å². The Hall–Kier alpha value is -2.71. The summed E-state index contributed by atoms with van der Waals surface area (Å²) < 4.78 is 0. The van der Waals surface area contributed by atoms with Gasteiger partial charge in [-0.2, -0.15) is 0 Å². The number of hydrogen-bond donors (Lipinski definition) is 2. The number of carbonyl (C=O) groups excluding carboxylic acids is 1. The van der Waals surface area contributed by atoms with Crippen LogP contribution in [0, 0.1) is 10.1 Å². The van der Waals surface area contributed by atoms with Gasteiger partial charge in [0.1, 0.15) is 6.04 Å². The van der Waals surface area contributed by atoms with E-state index >= 15 is 0 Å². The number of nitrogens with zero attached hydrogens (tertiary/aromatic N) is 3. The van der Waals surface area contributed by atoms with E-state index in [1.54, 1.807) is 0 Å². The lowest BCUT2D eigenvalue weighted by Crippen LogP contribution is -2.42. The summed E-state index contributed by atoms with van der Waals surface area (Å²) in [4.78, 5) is 38.6. The molecule has 1 atom stereocenters. The van der Waals surface area contributed by atoms with Crippen molar-refractivity contribution in [3.8, 4) is 0 Å². The van der Waals surface area contributed by atoms with Gasteiger partial charge >= 0.3 is 11.7 Å². The lowest BCUT2D eigenvalue weighted by atomic mass is 10.2. The molecule has 2 N–H and O–H groups in total. The van der Waals surface area contributed by atoms with Crippen LogP contribution in [0.3, 0.4) is 0 Å². The van der Waals surface area contributed by atoms with Crippen LogP contribution in [0.25, 0.3) is 0 Å². The van der Waals surface area contributed by atoms with Gasteiger partial charge in [0.25, 0.3) is 0 Å². The molecule has 1 unspecified atom stereocenters. The van der Waals surface area contributed by atoms with Crippen LogP contribution in [0.4, 0.5) is 11.5 Å². The van der Waals surface area contributed by atoms with Crippen LogP contribution in [-0.2, 0) is 4.79 Å². The number of aromatic nitrogens is 1. The fourth-order valence-electron chi connectivity index (χ4n) is 2.37. The van der Waals surface area contributed by atoms with E-state index in [2.05, 4.69) is 10.3 Å². The summed E-state index contributed by atoms with van der Waals surface area (Å²) in [6, 6.07) is 1.60. The Labute approximate surface area is 119 Å². The third kappa shape index (κ3) is 2.76. The van der Waals surface area contributed by atoms with E-state index in [1.807, 2.05) is 0 Å². The van der Waals surface area contributed by atoms with Crippen LogP contribution in [0.5, 0.6) is 0 Å². The Morgan fingerprint density at radius 3 is 2.81 bits per heavy atom. The molecule has 2 rings (SSSR count). The summed E-state index contributed by atoms with van der Waals surface area (Å²) in [5.41, 5.74) is -0.603. The number of likely N-dealkylation sites (N-methyl/N-ethyl adjacent to an activating group) is 1. The third-order valence-electron chi connectivity index (χ3n) is 3.34. The number of carboxylic acid groups (broad SMARTS) is 1. The number of amides is 1. The van der Waals surface area contributed by atoms with Crippen molar-refractivity contribution in [2.24, 2.45) is 0 Å². The van der Waals surface area contributed by atoms with E-state index in [0.717, 1.165) is 12.1 Å². The normalized spacial score (nSPS) is 17.6. The molecule has 9 heteroatoms. The predicted octanol–water partition coefficient (Wildman–Crippen LogP) is 0.403. The van der Waals surface area contributed by atoms with Crippen molar-refractivity contribution >= 4 is 23.4 Å². The number of nitro groups is 1. The summed E-state index contributed by atoms with van der Waals surface area (Å²) in [6.45, 7) is 0.412. The number of rotatable bonds is 4. The molecule has 0 aliphatic carbocycles. The molecule has 1 fully saturated rings. The summed E-state index contributed by atoms with van der Waals surface area (Å²) >= 11 is 0. The van der Waals surface area contributed by atoms with E-state index in [-0.39, 0.29) is 23.1 Å². The first-order valence-corrected chi connectivity index (χ1v) is 6.32. The molecule has 2 heterocycles. The molecule has 1 aliphatic rings. The van der Waals surface area contributed by atoms with Gasteiger partial charge in [0.2, 0.25) is 11.7 Å². The van der Waals surface area contributed by atoms with Crippen molar-refractivity contribution in [1.29, 1.82) is 0 Å². The summed E-state index contributed by atoms with van der Waals surface area (Å²) in [6.07, 6.45) is 1.21. The van der Waals surface area contributed by atoms with Gasteiger partial charge in [0.05, 0.1) is 4.92 Å². The second-order valence-electron chi connectivity index (χ2n) is 4.57. The summed E-state index contributed by atoms with van der Waals surface area (Å²) in [7, 11) is 1.48. The molecule has 1 amide bonds. The van der Waals surface area contributed by atoms with Gasteiger partial charge in [-0.1, -0.05) is 0 Å². The van der Waals surface area contributed by atoms with Gasteiger partial charge in [0.15, 0.2) is 5.69 Å². The molecular weight excluding hydrogens is 280 g/mol. The van der Waals surface area contributed by atoms with Crippen LogP contribution >= 0.6 is 0 Å². The quantitative estimate of drug-likeness (QED) is 0.608. The van der Waals surface area contributed by atoms with E-state index in [0.29, 0.717) is 19.4 Å². The van der Waals surface area contributed by atoms with E-state index in [9.17, 15) is 19.7 Å². The van der Waals surface area contributed by atoms with Crippen molar-refractivity contribution in [2.45, 2.75) is 18.9 Å². The number of nitrogens with one attached hydrogen (secondary N) is 1. The highest BCUT2D eigenvalue weighted by molar-refractivity contribution is 5.88. The van der Waals surface area contributed by atoms with Crippen molar-refractivity contribution in [3.63, 3.8) is 0 Å². The topological polar surface area (TPSA) is 126 Å². The molecule has 1 aliphatic heterocycles. The molecule has 0 aromatic carbocycles. The first-order valence-electron chi connectivity index (χ1n) is 6.32. The highest BCUT2D eigenvalue weighted by atomic mass is 16.6. The Bertz CT molecular complexity index is 603. The first-order chi connectivity index (χ1) is 9.95. The lowest BCUT2D eigenvalue weighted by Gasteiger charge is -2.24. The average Bonchev–Trinajstić information content (AvgIpc) is 2.94. The Morgan fingerprint density at radius 2 is 2.24 bits per heavy atom. The molecule has 21 heavy (non-hydrogen) atoms. The van der Waals surface area contributed by atoms with E-state index < -0.39 is 16.9 Å². The van der Waals surface area contributed by atoms with E-state index in [4.69, 9.17) is 5.11 Å². The molecule has 0 bridgehead atoms. The smallest absolute Gasteiger partial charge is 0.354 e. The first kappa shape index (κ1) is 14.7. The lowest BCUT2D eigenvalue weighted by molar-refractivity contribution is -0.384. The van der Waals surface area contributed by atoms with Crippen molar-refractivity contribution < 1.29 is 19.6 Å². The number of pyridine rings is 1. The predicted molar refractivity (Wildman–Crippen MR) is 72.3 cm³/mol. The van der Waals surface area contributed by atoms with Gasteiger partial charge in [-0.3, -0.25) is 14.9 Å². The fourth-order valence-corrected chi connectivity index (χ4v) is 2.37. The molecule has 1 aromatic rings. The highest BCUT2D eigenvalue weighted by Crippen LogP contribution is 2.32. The Balaban J connectivity index is 2.49. The van der Waals surface area contributed by atoms with Crippen LogP contribution < -0.4 is 10.2 Å². The minimum Gasteiger partial charge on any atom is -0.477 e. The van der Waals surface area contributed by atoms with Crippen LogP contribution in [0.2, 0.25) is 0 Å². The number of anilines is 1. The van der Waals surface area contributed by atoms with Crippen molar-refractivity contribution in [2.75, 3.05) is 18.5 Å². The molecular formula is C12H14N4O5. The number of carboxylic acids is 1. The number of carbonyl (C=O) groups is 2. The molecule has 0 saturated carbocycles. The average molecular weight is 294 g/mol. The maximum atomic E-state index is 11.8. The summed E-state index contributed by atoms with van der Waals surface area (Å²) in [5, 5.41) is 22.6. The minimum absolute atomic E-state index is 0.0778. The molecule has 9 nitrogen and oxygen atoms in total. The fraction of sp³-hybridized carbons (Fsp3) is 0.417. The molecule has 112 valence electrons. The van der Waals surface area contributed by atoms with Gasteiger partial charge in [0, 0.05) is 19.7 Å². The second kappa shape index (κ2) is 5.73. The monoisotopic (exact) mass is 294 g/mol. The molecule has 0 spiro atoms. The molecule has 1 saturated heterocycles. The van der Waals surface area contributed by atoms with Gasteiger partial charge in [-0.15, -0.1) is 0 Å². The Morgan fingerprint density at radius 1 is 1.52 bits per heavy atom. The van der Waals surface area contributed by atoms with Gasteiger partial charge < -0.3 is 15.3 Å². The third-order valence-corrected chi connectivity index (χ3v) is 3.34. The zero-order chi connectivity index (χ0) is 15.6. The maximum absolute atomic E-state index is 11.8. The zero-order valence-electron chi connectivity index (χ0n) is 11.3. The SMILES string of the molecule is CNC(=O)C1CCCN1c1nc(C(=O)O)ccc1[N+](=O)[O-]. The second-order valence-corrected chi connectivity index (χ2v) is 4.57. The standard InChI is InChI=1S/C12H14N4O5/c1-13-11(17)9-3-2-6-15(9)10-8(16(20)21)5-4-7(14-10)12(18)19/h4-5,9H,2-3,6H2,1H3,(H,13,17)(H,18,19). The number of aromatic carboxylic acids is 1. The zero-order valence-corrected chi connectivity index (χ0v) is 11.3. The van der Waals surface area contributed by atoms with Crippen molar-refractivity contribution in [3.05, 3.63) is 27.9 Å². The van der Waals surface area contributed by atoms with Crippen LogP contribution in [-0.4, -0.2) is 46.5 Å². The van der Waals surface area contributed by atoms with Crippen LogP contribution in [0.15, 0.2) is 12.1 Å². The van der Waals surface area contributed by atoms with Crippen LogP contribution in [0.1, 0.15) is 23.3 Å². The largest absolute Gasteiger partial charge is 0.477 e. The summed E-state index contributed by atoms with van der Waals surface area (Å²) in [5.74, 6) is -1.63. The molecule has 1 aromatic heterocycles. The van der Waals surface area contributed by atoms with Gasteiger partial charge in [-0.25, -0.2) is 9.78 Å². The Kier molecular flexibility index (Phi) is 4.01. The highest BCUT2D eigenvalue weighted by Gasteiger charge is 2.35. The molecule has 0 radical (unpaired) electrons. The minimum atomic E-state index is -1.28. The van der Waals surface area contributed by atoms with Gasteiger partial charge in [-0.05, 0) is 18.9 Å². The van der Waals surface area contributed by atoms with E-state index in [1.165, 1.54) is 11.9 Å².